The number of sulfonamides is 2. The Bertz CT molecular complexity index is 1640. The largest absolute Gasteiger partial charge is 0.491 e. The summed E-state index contributed by atoms with van der Waals surface area (Å²) < 4.78 is 67.3. The fourth-order valence-electron chi connectivity index (χ4n) is 5.64. The number of nitrogens with zero attached hydrogens (tertiary/aromatic N) is 1. The second-order valence-electron chi connectivity index (χ2n) is 11.3. The lowest BCUT2D eigenvalue weighted by Crippen LogP contribution is -2.47. The molecule has 1 unspecified atom stereocenters. The molecular formula is C30H39N3O9S2. The molecule has 2 fully saturated rings. The zero-order chi connectivity index (χ0) is 31.4. The Labute approximate surface area is 257 Å². The van der Waals surface area contributed by atoms with E-state index in [2.05, 4.69) is 10.0 Å². The second kappa shape index (κ2) is 13.8. The summed E-state index contributed by atoms with van der Waals surface area (Å²) in [6, 6.07) is 17.6. The van der Waals surface area contributed by atoms with Crippen LogP contribution in [0.5, 0.6) is 5.75 Å². The van der Waals surface area contributed by atoms with Crippen LogP contribution < -0.4 is 14.8 Å². The molecule has 12 nitrogen and oxygen atoms in total. The fraction of sp³-hybridized carbons (Fsp3) is 0.467. The maximum atomic E-state index is 13.4. The van der Waals surface area contributed by atoms with Gasteiger partial charge in [0.25, 0.3) is 0 Å². The van der Waals surface area contributed by atoms with E-state index >= 15 is 0 Å². The quantitative estimate of drug-likeness (QED) is 0.178. The maximum Gasteiger partial charge on any atom is 0.243 e. The van der Waals surface area contributed by atoms with Gasteiger partial charge in [-0.2, -0.15) is 4.31 Å². The van der Waals surface area contributed by atoms with Crippen molar-refractivity contribution in [3.63, 3.8) is 0 Å². The highest BCUT2D eigenvalue weighted by Crippen LogP contribution is 2.37. The Kier molecular flexibility index (Phi) is 10.2. The third-order valence-electron chi connectivity index (χ3n) is 8.16. The molecule has 5 rings (SSSR count). The molecule has 44 heavy (non-hydrogen) atoms. The van der Waals surface area contributed by atoms with Crippen LogP contribution in [0.3, 0.4) is 0 Å². The lowest BCUT2D eigenvalue weighted by molar-refractivity contribution is -0.0312. The van der Waals surface area contributed by atoms with Crippen molar-refractivity contribution in [1.82, 2.24) is 14.3 Å². The summed E-state index contributed by atoms with van der Waals surface area (Å²) in [5, 5.41) is 34.0. The van der Waals surface area contributed by atoms with Crippen molar-refractivity contribution in [2.24, 2.45) is 0 Å². The second-order valence-corrected chi connectivity index (χ2v) is 15.0. The number of aliphatic hydroxyl groups is 3. The van der Waals surface area contributed by atoms with Crippen LogP contribution >= 0.6 is 0 Å². The minimum absolute atomic E-state index is 0.0150. The van der Waals surface area contributed by atoms with E-state index < -0.39 is 51.0 Å². The number of fused-ring (bicyclic) bond motifs is 1. The molecule has 2 aliphatic rings. The van der Waals surface area contributed by atoms with Crippen molar-refractivity contribution in [3.8, 4) is 5.75 Å². The van der Waals surface area contributed by atoms with Crippen LogP contribution in [0.1, 0.15) is 19.3 Å². The fourth-order valence-corrected chi connectivity index (χ4v) is 8.37. The summed E-state index contributed by atoms with van der Waals surface area (Å²) in [6.07, 6.45) is 0.969. The van der Waals surface area contributed by atoms with Gasteiger partial charge in [-0.3, -0.25) is 0 Å². The molecule has 2 saturated heterocycles. The Balaban J connectivity index is 1.08. The number of rotatable bonds is 13. The van der Waals surface area contributed by atoms with Gasteiger partial charge in [-0.25, -0.2) is 21.6 Å². The third kappa shape index (κ3) is 7.58. The first-order valence-corrected chi connectivity index (χ1v) is 17.5. The summed E-state index contributed by atoms with van der Waals surface area (Å²) in [4.78, 5) is 0.191. The van der Waals surface area contributed by atoms with Crippen LogP contribution in [0, 0.1) is 0 Å². The SMILES string of the molecule is O=S(=O)(NC(CO)CO)c1cccc(OC[C@@H](O)CNC2COC3(CCN(S(=O)(=O)c4ccc5ccccc5c4)CC3)C2)c1. The van der Waals surface area contributed by atoms with Crippen molar-refractivity contribution < 1.29 is 41.6 Å². The third-order valence-corrected chi connectivity index (χ3v) is 11.6. The van der Waals surface area contributed by atoms with E-state index in [0.29, 0.717) is 39.0 Å². The summed E-state index contributed by atoms with van der Waals surface area (Å²) >= 11 is 0. The van der Waals surface area contributed by atoms with Gasteiger partial charge in [-0.1, -0.05) is 36.4 Å². The molecule has 0 aliphatic carbocycles. The molecule has 2 atom stereocenters. The summed E-state index contributed by atoms with van der Waals surface area (Å²) in [5.41, 5.74) is -0.417. The van der Waals surface area contributed by atoms with E-state index in [-0.39, 0.29) is 34.7 Å². The number of hydrogen-bond donors (Lipinski definition) is 5. The van der Waals surface area contributed by atoms with Crippen molar-refractivity contribution in [3.05, 3.63) is 66.7 Å². The highest BCUT2D eigenvalue weighted by atomic mass is 32.2. The molecule has 1 spiro atoms. The van der Waals surface area contributed by atoms with Gasteiger partial charge in [0, 0.05) is 31.7 Å². The molecule has 0 amide bonds. The summed E-state index contributed by atoms with van der Waals surface area (Å²) in [6.45, 7) is 0.212. The van der Waals surface area contributed by atoms with Gasteiger partial charge >= 0.3 is 0 Å². The molecule has 0 aromatic heterocycles. The smallest absolute Gasteiger partial charge is 0.243 e. The minimum atomic E-state index is -3.99. The lowest BCUT2D eigenvalue weighted by atomic mass is 9.88. The molecule has 2 aliphatic heterocycles. The monoisotopic (exact) mass is 649 g/mol. The first-order chi connectivity index (χ1) is 21.0. The van der Waals surface area contributed by atoms with Gasteiger partial charge in [0.2, 0.25) is 20.0 Å². The van der Waals surface area contributed by atoms with Gasteiger partial charge in [0.15, 0.2) is 0 Å². The number of hydrogen-bond acceptors (Lipinski definition) is 10. The molecule has 0 bridgehead atoms. The average molecular weight is 650 g/mol. The topological polar surface area (TPSA) is 175 Å². The number of benzene rings is 3. The van der Waals surface area contributed by atoms with E-state index in [9.17, 15) is 21.9 Å². The van der Waals surface area contributed by atoms with Gasteiger partial charge < -0.3 is 30.1 Å². The molecule has 240 valence electrons. The summed E-state index contributed by atoms with van der Waals surface area (Å²) in [5.74, 6) is 0.241. The Morgan fingerprint density at radius 1 is 0.932 bits per heavy atom. The van der Waals surface area contributed by atoms with Crippen LogP contribution in [-0.2, 0) is 24.8 Å². The highest BCUT2D eigenvalue weighted by Gasteiger charge is 2.44. The van der Waals surface area contributed by atoms with Crippen molar-refractivity contribution >= 4 is 30.8 Å². The Morgan fingerprint density at radius 2 is 1.66 bits per heavy atom. The molecule has 3 aromatic carbocycles. The normalized spacial score (nSPS) is 20.0. The number of nitrogens with one attached hydrogen (secondary N) is 2. The standard InChI is InChI=1S/C30H39N3O9S2/c34-18-25(19-35)32-43(37,38)28-7-3-6-27(15-28)41-21-26(36)17-31-24-16-30(42-20-24)10-12-33(13-11-30)44(39,40)29-9-8-22-4-1-2-5-23(22)14-29/h1-9,14-15,24-26,31-32,34-36H,10-13,16-21H2/t24?,26-/m0/s1. The predicted octanol–water partition coefficient (Wildman–Crippen LogP) is 0.813. The van der Waals surface area contributed by atoms with Crippen LogP contribution in [0.25, 0.3) is 10.8 Å². The van der Waals surface area contributed by atoms with E-state index in [4.69, 9.17) is 19.7 Å². The summed E-state index contributed by atoms with van der Waals surface area (Å²) in [7, 11) is -7.61. The van der Waals surface area contributed by atoms with Gasteiger partial charge in [-0.15, -0.1) is 0 Å². The van der Waals surface area contributed by atoms with Crippen LogP contribution in [0.2, 0.25) is 0 Å². The highest BCUT2D eigenvalue weighted by molar-refractivity contribution is 7.89. The van der Waals surface area contributed by atoms with E-state index in [1.165, 1.54) is 22.5 Å². The lowest BCUT2D eigenvalue weighted by Gasteiger charge is -2.38. The first kappa shape index (κ1) is 32.7. The van der Waals surface area contributed by atoms with Crippen molar-refractivity contribution in [1.29, 1.82) is 0 Å². The van der Waals surface area contributed by atoms with Crippen LogP contribution in [0.4, 0.5) is 0 Å². The van der Waals surface area contributed by atoms with Crippen LogP contribution in [-0.4, -0.2) is 106 Å². The zero-order valence-corrected chi connectivity index (χ0v) is 25.8. The minimum Gasteiger partial charge on any atom is -0.491 e. The predicted molar refractivity (Wildman–Crippen MR) is 163 cm³/mol. The van der Waals surface area contributed by atoms with Gasteiger partial charge in [0.05, 0.1) is 41.3 Å². The maximum absolute atomic E-state index is 13.4. The number of piperidine rings is 1. The molecule has 14 heteroatoms. The molecule has 2 heterocycles. The zero-order valence-electron chi connectivity index (χ0n) is 24.2. The van der Waals surface area contributed by atoms with Gasteiger partial charge in [0.1, 0.15) is 18.5 Å². The average Bonchev–Trinajstić information content (AvgIpc) is 3.43. The van der Waals surface area contributed by atoms with E-state index in [1.54, 1.807) is 18.2 Å². The molecule has 3 aromatic rings. The van der Waals surface area contributed by atoms with Crippen molar-refractivity contribution in [2.75, 3.05) is 46.1 Å². The first-order valence-electron chi connectivity index (χ1n) is 14.5. The Hall–Kier alpha value is -2.66. The Morgan fingerprint density at radius 3 is 2.39 bits per heavy atom. The van der Waals surface area contributed by atoms with Crippen LogP contribution in [0.15, 0.2) is 76.5 Å². The molecule has 0 saturated carbocycles. The van der Waals surface area contributed by atoms with E-state index in [1.807, 2.05) is 30.3 Å². The molecular weight excluding hydrogens is 610 g/mol. The van der Waals surface area contributed by atoms with Crippen molar-refractivity contribution in [2.45, 2.75) is 52.8 Å². The molecule has 5 N–H and O–H groups in total. The number of aliphatic hydroxyl groups excluding tert-OH is 3. The molecule has 0 radical (unpaired) electrons. The van der Waals surface area contributed by atoms with E-state index in [0.717, 1.165) is 10.8 Å². The van der Waals surface area contributed by atoms with Gasteiger partial charge in [-0.05, 0) is 54.3 Å². The number of ether oxygens (including phenoxy) is 2.